The molecule has 1 aliphatic heterocycles. The van der Waals surface area contributed by atoms with E-state index in [1.807, 2.05) is 0 Å². The Morgan fingerprint density at radius 3 is 2.70 bits per heavy atom. The van der Waals surface area contributed by atoms with Crippen molar-refractivity contribution in [2.45, 2.75) is 26.8 Å². The fourth-order valence-electron chi connectivity index (χ4n) is 3.94. The van der Waals surface area contributed by atoms with Crippen molar-refractivity contribution in [2.24, 2.45) is 4.99 Å². The summed E-state index contributed by atoms with van der Waals surface area (Å²) in [6, 6.07) is 9.77. The second kappa shape index (κ2) is 10.6. The maximum atomic E-state index is 13.7. The van der Waals surface area contributed by atoms with E-state index in [1.54, 1.807) is 44.2 Å². The molecule has 190 valence electrons. The van der Waals surface area contributed by atoms with Gasteiger partial charge in [-0.15, -0.1) is 0 Å². The summed E-state index contributed by atoms with van der Waals surface area (Å²) < 4.78 is 12.8. The maximum Gasteiger partial charge on any atom is 0.338 e. The fraction of sp³-hybridized carbons (Fsp3) is 0.200. The number of allylic oxidation sites excluding steroid dienone is 1. The van der Waals surface area contributed by atoms with E-state index in [4.69, 9.17) is 9.47 Å². The number of ether oxygens (including phenoxy) is 2. The van der Waals surface area contributed by atoms with Crippen LogP contribution in [0.4, 0.5) is 5.69 Å². The third-order valence-electron chi connectivity index (χ3n) is 5.43. The number of carbonyl (C=O) groups excluding carboxylic acids is 2. The zero-order valence-corrected chi connectivity index (χ0v) is 22.3. The number of hydrogen-bond acceptors (Lipinski definition) is 9. The molecular weight excluding hydrogens is 566 g/mol. The van der Waals surface area contributed by atoms with Crippen molar-refractivity contribution in [2.75, 3.05) is 6.61 Å². The van der Waals surface area contributed by atoms with E-state index in [0.717, 1.165) is 11.3 Å². The third-order valence-corrected chi connectivity index (χ3v) is 6.90. The van der Waals surface area contributed by atoms with Crippen LogP contribution in [0, 0.1) is 10.1 Å². The Morgan fingerprint density at radius 1 is 1.27 bits per heavy atom. The van der Waals surface area contributed by atoms with E-state index in [1.165, 1.54) is 29.7 Å². The Balaban J connectivity index is 1.98. The van der Waals surface area contributed by atoms with Crippen molar-refractivity contribution in [3.63, 3.8) is 0 Å². The van der Waals surface area contributed by atoms with Crippen molar-refractivity contribution < 1.29 is 24.0 Å². The number of rotatable bonds is 6. The number of esters is 2. The van der Waals surface area contributed by atoms with E-state index >= 15 is 0 Å². The normalized spacial score (nSPS) is 15.1. The second-order valence-corrected chi connectivity index (χ2v) is 9.85. The zero-order chi connectivity index (χ0) is 26.9. The van der Waals surface area contributed by atoms with Gasteiger partial charge in [-0.3, -0.25) is 24.3 Å². The van der Waals surface area contributed by atoms with Gasteiger partial charge in [-0.25, -0.2) is 9.79 Å². The lowest BCUT2D eigenvalue weighted by molar-refractivity contribution is -0.384. The molecule has 0 aliphatic carbocycles. The summed E-state index contributed by atoms with van der Waals surface area (Å²) in [5.41, 5.74) is 0.640. The summed E-state index contributed by atoms with van der Waals surface area (Å²) in [4.78, 5) is 54.0. The lowest BCUT2D eigenvalue weighted by atomic mass is 9.95. The third kappa shape index (κ3) is 5.30. The van der Waals surface area contributed by atoms with E-state index in [9.17, 15) is 24.5 Å². The molecule has 0 bridgehead atoms. The summed E-state index contributed by atoms with van der Waals surface area (Å²) in [6.45, 7) is 4.66. The van der Waals surface area contributed by atoms with Gasteiger partial charge in [-0.2, -0.15) is 0 Å². The van der Waals surface area contributed by atoms with Crippen LogP contribution >= 0.6 is 27.3 Å². The number of benzene rings is 2. The number of thiazole rings is 1. The van der Waals surface area contributed by atoms with Gasteiger partial charge < -0.3 is 9.47 Å². The van der Waals surface area contributed by atoms with Gasteiger partial charge in [0.15, 0.2) is 4.80 Å². The molecule has 1 atom stereocenters. The van der Waals surface area contributed by atoms with Crippen molar-refractivity contribution in [3.05, 3.63) is 99.1 Å². The van der Waals surface area contributed by atoms with Gasteiger partial charge in [0, 0.05) is 29.1 Å². The molecule has 0 spiro atoms. The first-order valence-electron chi connectivity index (χ1n) is 11.0. The van der Waals surface area contributed by atoms with Gasteiger partial charge in [-0.1, -0.05) is 39.4 Å². The van der Waals surface area contributed by atoms with Gasteiger partial charge in [0.05, 0.1) is 33.4 Å². The zero-order valence-electron chi connectivity index (χ0n) is 19.9. The van der Waals surface area contributed by atoms with Crippen molar-refractivity contribution in [1.29, 1.82) is 0 Å². The fourth-order valence-corrected chi connectivity index (χ4v) is 5.35. The van der Waals surface area contributed by atoms with Gasteiger partial charge >= 0.3 is 11.9 Å². The van der Waals surface area contributed by atoms with Crippen LogP contribution in [-0.4, -0.2) is 28.0 Å². The molecule has 2 aromatic carbocycles. The van der Waals surface area contributed by atoms with Gasteiger partial charge in [-0.05, 0) is 43.7 Å². The molecule has 0 radical (unpaired) electrons. The topological polar surface area (TPSA) is 130 Å². The van der Waals surface area contributed by atoms with E-state index < -0.39 is 28.5 Å². The lowest BCUT2D eigenvalue weighted by Gasteiger charge is -2.24. The van der Waals surface area contributed by atoms with Crippen LogP contribution in [0.15, 0.2) is 68.0 Å². The summed E-state index contributed by atoms with van der Waals surface area (Å²) in [5, 5.41) is 11.4. The first-order chi connectivity index (χ1) is 17.6. The molecule has 4 rings (SSSR count). The molecule has 3 aromatic rings. The predicted molar refractivity (Wildman–Crippen MR) is 139 cm³/mol. The van der Waals surface area contributed by atoms with Crippen LogP contribution in [0.1, 0.15) is 37.9 Å². The highest BCUT2D eigenvalue weighted by atomic mass is 79.9. The molecular formula is C25H20BrN3O7S. The minimum absolute atomic E-state index is 0.101. The molecule has 1 aliphatic rings. The van der Waals surface area contributed by atoms with E-state index in [0.29, 0.717) is 26.1 Å². The van der Waals surface area contributed by atoms with Crippen molar-refractivity contribution in [3.8, 4) is 5.75 Å². The SMILES string of the molecule is CCOC(=O)C1=C(C)N=c2sc(=Cc3cc(Br)ccc3OC(C)=O)c(=O)n2[C@H]1c1cccc([N+](=O)[O-])c1. The molecule has 0 fully saturated rings. The summed E-state index contributed by atoms with van der Waals surface area (Å²) in [6.07, 6.45) is 1.57. The maximum absolute atomic E-state index is 13.7. The molecule has 0 saturated carbocycles. The molecule has 12 heteroatoms. The van der Waals surface area contributed by atoms with Crippen LogP contribution in [0.2, 0.25) is 0 Å². The van der Waals surface area contributed by atoms with Crippen LogP contribution in [0.5, 0.6) is 5.75 Å². The number of nitro benzene ring substituents is 1. The summed E-state index contributed by atoms with van der Waals surface area (Å²) in [5.74, 6) is -0.919. The Kier molecular flexibility index (Phi) is 7.50. The van der Waals surface area contributed by atoms with Crippen molar-refractivity contribution in [1.82, 2.24) is 4.57 Å². The van der Waals surface area contributed by atoms with Gasteiger partial charge in [0.1, 0.15) is 5.75 Å². The Morgan fingerprint density at radius 2 is 2.03 bits per heavy atom. The average Bonchev–Trinajstić information content (AvgIpc) is 3.14. The monoisotopic (exact) mass is 585 g/mol. The van der Waals surface area contributed by atoms with E-state index in [-0.39, 0.29) is 28.1 Å². The van der Waals surface area contributed by atoms with Crippen LogP contribution in [0.25, 0.3) is 6.08 Å². The molecule has 10 nitrogen and oxygen atoms in total. The highest BCUT2D eigenvalue weighted by molar-refractivity contribution is 9.10. The van der Waals surface area contributed by atoms with Crippen LogP contribution < -0.4 is 19.6 Å². The van der Waals surface area contributed by atoms with Gasteiger partial charge in [0.25, 0.3) is 11.2 Å². The quantitative estimate of drug-likeness (QED) is 0.187. The highest BCUT2D eigenvalue weighted by Crippen LogP contribution is 2.32. The number of nitro groups is 1. The number of aromatic nitrogens is 1. The molecule has 2 heterocycles. The number of halogens is 1. The van der Waals surface area contributed by atoms with Crippen LogP contribution in [0.3, 0.4) is 0 Å². The number of fused-ring (bicyclic) bond motifs is 1. The Bertz CT molecular complexity index is 1660. The lowest BCUT2D eigenvalue weighted by Crippen LogP contribution is -2.40. The van der Waals surface area contributed by atoms with E-state index in [2.05, 4.69) is 20.9 Å². The predicted octanol–water partition coefficient (Wildman–Crippen LogP) is 3.39. The first-order valence-corrected chi connectivity index (χ1v) is 12.6. The second-order valence-electron chi connectivity index (χ2n) is 7.93. The number of nitrogens with zero attached hydrogens (tertiary/aromatic N) is 3. The van der Waals surface area contributed by atoms with Gasteiger partial charge in [0.2, 0.25) is 0 Å². The number of non-ortho nitro benzene ring substituents is 1. The first kappa shape index (κ1) is 26.2. The minimum atomic E-state index is -0.993. The van der Waals surface area contributed by atoms with Crippen molar-refractivity contribution >= 4 is 51.0 Å². The summed E-state index contributed by atoms with van der Waals surface area (Å²) in [7, 11) is 0. The molecule has 0 N–H and O–H groups in total. The molecule has 0 amide bonds. The molecule has 0 saturated heterocycles. The average molecular weight is 586 g/mol. The minimum Gasteiger partial charge on any atom is -0.463 e. The van der Waals surface area contributed by atoms with Crippen LogP contribution in [-0.2, 0) is 14.3 Å². The number of hydrogen-bond donors (Lipinski definition) is 0. The number of carbonyl (C=O) groups is 2. The Labute approximate surface area is 222 Å². The smallest absolute Gasteiger partial charge is 0.338 e. The largest absolute Gasteiger partial charge is 0.463 e. The highest BCUT2D eigenvalue weighted by Gasteiger charge is 2.34. The Hall–Kier alpha value is -3.90. The molecule has 37 heavy (non-hydrogen) atoms. The molecule has 1 aromatic heterocycles. The standard InChI is InChI=1S/C25H20BrN3O7S/c1-4-35-24(32)21-13(2)27-25-28(22(21)15-6-5-7-18(11-15)29(33)34)23(31)20(37-25)12-16-10-17(26)8-9-19(16)36-14(3)30/h5-12,22H,4H2,1-3H3/t22-/m0/s1. The summed E-state index contributed by atoms with van der Waals surface area (Å²) >= 11 is 4.47. The molecule has 0 unspecified atom stereocenters.